The molecule has 0 radical (unpaired) electrons. The zero-order valence-electron chi connectivity index (χ0n) is 55.3. The lowest BCUT2D eigenvalue weighted by molar-refractivity contribution is 0.352. The number of hydrogen-bond donors (Lipinski definition) is 0. The second-order valence-corrected chi connectivity index (χ2v) is 28.5. The molecule has 0 aliphatic carbocycles. The fourth-order valence-electron chi connectivity index (χ4n) is 16.0. The van der Waals surface area contributed by atoms with E-state index in [4.69, 9.17) is 24.4 Å². The summed E-state index contributed by atoms with van der Waals surface area (Å²) in [5.41, 5.74) is 2.87. The Labute approximate surface area is 530 Å². The van der Waals surface area contributed by atoms with Crippen LogP contribution in [0.25, 0.3) is 86.2 Å². The molecule has 0 saturated carbocycles. The summed E-state index contributed by atoms with van der Waals surface area (Å²) >= 11 is 13.5. The van der Waals surface area contributed by atoms with Crippen LogP contribution in [-0.4, -0.2) is 9.13 Å². The highest BCUT2D eigenvalue weighted by atomic mass is 32.1. The molecule has 9 aromatic rings. The SMILES string of the molecule is CCCCCCCCCCC(CCCCCCCC)Cn1c(=O)c2cc3cc(CCCCCC)c4cc5c(=S)n(CC(CCCCCCCC)CCCCCCCCCC)c(=O)c6cc7cc(CCCCCC)c8cc(c1=S)c2c1c3c4c(c65)c7c81. The highest BCUT2D eigenvalue weighted by molar-refractivity contribution is 7.71. The Morgan fingerprint density at radius 1 is 0.291 bits per heavy atom. The molecule has 0 fully saturated rings. The van der Waals surface area contributed by atoms with E-state index in [2.05, 4.69) is 87.1 Å². The van der Waals surface area contributed by atoms with E-state index in [-0.39, 0.29) is 11.1 Å². The molecule has 2 unspecified atom stereocenters. The average molecular weight is 1200 g/mol. The molecular formula is C80H114N2O2S2. The van der Waals surface area contributed by atoms with Gasteiger partial charge in [0.05, 0.1) is 0 Å². The topological polar surface area (TPSA) is 44.0 Å². The van der Waals surface area contributed by atoms with E-state index in [1.807, 2.05) is 0 Å². The van der Waals surface area contributed by atoms with Gasteiger partial charge in [0.1, 0.15) is 9.28 Å². The molecule has 2 aromatic heterocycles. The summed E-state index contributed by atoms with van der Waals surface area (Å²) in [5.74, 6) is 0.834. The maximum atomic E-state index is 15.8. The normalized spacial score (nSPS) is 13.3. The highest BCUT2D eigenvalue weighted by Crippen LogP contribution is 2.53. The van der Waals surface area contributed by atoms with Crippen LogP contribution in [0.1, 0.15) is 310 Å². The van der Waals surface area contributed by atoms with Crippen LogP contribution < -0.4 is 11.1 Å². The zero-order valence-corrected chi connectivity index (χ0v) is 56.9. The lowest BCUT2D eigenvalue weighted by Gasteiger charge is -2.27. The summed E-state index contributed by atoms with van der Waals surface area (Å²) in [6.07, 6.45) is 52.3. The van der Waals surface area contributed by atoms with Crippen molar-refractivity contribution in [2.45, 2.75) is 324 Å². The molecule has 0 saturated heterocycles. The Morgan fingerprint density at radius 2 is 0.570 bits per heavy atom. The number of benzene rings is 7. The van der Waals surface area contributed by atoms with Crippen molar-refractivity contribution in [2.24, 2.45) is 11.8 Å². The quantitative estimate of drug-likeness (QED) is 0.0165. The smallest absolute Gasteiger partial charge is 0.259 e. The van der Waals surface area contributed by atoms with Crippen LogP contribution in [0.4, 0.5) is 0 Å². The zero-order chi connectivity index (χ0) is 60.4. The van der Waals surface area contributed by atoms with Crippen molar-refractivity contribution >= 4 is 111 Å². The number of nitrogens with zero attached hydrogens (tertiary/aromatic N) is 2. The Balaban J connectivity index is 1.22. The van der Waals surface area contributed by atoms with Crippen molar-refractivity contribution in [2.75, 3.05) is 0 Å². The standard InChI is InChI=1S/C80H114N2O2S2/c1-7-13-19-25-29-31-35-39-45-57(43-37-33-27-21-15-9-3)55-81-77(83)65-51-61-49-60(48-42-24-18-12-6)64-54-68-72-66(78(84)82(80(68)86)56-58(44-38-34-28-22-16-10-4)46-40-36-32-30-26-20-14-8-2)52-62-50-59(47-41-23-17-11-5)63-53-67(79(81)85)71(65)75-69(61)74(64)76(72)70(62)73(63)75/h49-54,57-58H,7-48,55-56H2,1-6H3. The fourth-order valence-corrected chi connectivity index (χ4v) is 16.7. The number of pyridine rings is 2. The number of unbranched alkanes of at least 4 members (excludes halogenated alkanes) is 30. The van der Waals surface area contributed by atoms with Crippen LogP contribution in [0.2, 0.25) is 0 Å². The van der Waals surface area contributed by atoms with E-state index in [0.29, 0.717) is 24.9 Å². The van der Waals surface area contributed by atoms with Crippen molar-refractivity contribution < 1.29 is 0 Å². The Morgan fingerprint density at radius 3 is 0.872 bits per heavy atom. The number of aromatic nitrogens is 2. The van der Waals surface area contributed by atoms with Gasteiger partial charge in [-0.15, -0.1) is 0 Å². The molecule has 0 aliphatic rings. The lowest BCUT2D eigenvalue weighted by atomic mass is 9.77. The van der Waals surface area contributed by atoms with Gasteiger partial charge in [0.15, 0.2) is 0 Å². The van der Waals surface area contributed by atoms with Crippen LogP contribution in [-0.2, 0) is 25.9 Å². The number of rotatable bonds is 46. The summed E-state index contributed by atoms with van der Waals surface area (Å²) < 4.78 is 5.60. The molecule has 0 N–H and O–H groups in total. The lowest BCUT2D eigenvalue weighted by Crippen LogP contribution is -2.26. The minimum absolute atomic E-state index is 0.0912. The molecule has 2 heterocycles. The third-order valence-electron chi connectivity index (χ3n) is 21.0. The molecule has 468 valence electrons. The van der Waals surface area contributed by atoms with Gasteiger partial charge in [-0.05, 0) is 142 Å². The molecule has 2 atom stereocenters. The molecule has 7 aromatic carbocycles. The van der Waals surface area contributed by atoms with Gasteiger partial charge >= 0.3 is 0 Å². The van der Waals surface area contributed by atoms with Gasteiger partial charge in [-0.25, -0.2) is 0 Å². The summed E-state index contributed by atoms with van der Waals surface area (Å²) in [6.45, 7) is 15.2. The molecule has 4 nitrogen and oxygen atoms in total. The first-order valence-corrected chi connectivity index (χ1v) is 37.5. The second-order valence-electron chi connectivity index (χ2n) is 27.7. The fraction of sp³-hybridized carbons (Fsp3) is 0.650. The number of aryl methyl sites for hydroxylation is 2. The molecule has 86 heavy (non-hydrogen) atoms. The van der Waals surface area contributed by atoms with Crippen LogP contribution in [0.15, 0.2) is 46.0 Å². The van der Waals surface area contributed by atoms with Crippen molar-refractivity contribution in [1.82, 2.24) is 9.13 Å². The van der Waals surface area contributed by atoms with Gasteiger partial charge in [0.25, 0.3) is 11.1 Å². The van der Waals surface area contributed by atoms with E-state index in [9.17, 15) is 0 Å². The van der Waals surface area contributed by atoms with E-state index in [1.165, 1.54) is 273 Å². The molecule has 0 amide bonds. The minimum Gasteiger partial charge on any atom is -0.298 e. The maximum absolute atomic E-state index is 15.8. The van der Waals surface area contributed by atoms with Crippen LogP contribution >= 0.6 is 24.4 Å². The van der Waals surface area contributed by atoms with Gasteiger partial charge in [0, 0.05) is 56.2 Å². The van der Waals surface area contributed by atoms with Crippen LogP contribution in [0, 0.1) is 21.1 Å². The highest BCUT2D eigenvalue weighted by Gasteiger charge is 2.30. The van der Waals surface area contributed by atoms with E-state index >= 15 is 9.59 Å². The van der Waals surface area contributed by atoms with E-state index < -0.39 is 0 Å². The van der Waals surface area contributed by atoms with Crippen molar-refractivity contribution in [3.05, 3.63) is 77.5 Å². The van der Waals surface area contributed by atoms with Gasteiger partial charge < -0.3 is 0 Å². The van der Waals surface area contributed by atoms with Crippen LogP contribution in [0.5, 0.6) is 0 Å². The molecule has 0 bridgehead atoms. The van der Waals surface area contributed by atoms with Crippen LogP contribution in [0.3, 0.4) is 0 Å². The van der Waals surface area contributed by atoms with E-state index in [0.717, 1.165) is 104 Å². The Hall–Kier alpha value is -4.00. The monoisotopic (exact) mass is 1200 g/mol. The molecule has 0 aliphatic heterocycles. The van der Waals surface area contributed by atoms with Gasteiger partial charge in [0.2, 0.25) is 0 Å². The summed E-state index contributed by atoms with van der Waals surface area (Å²) in [4.78, 5) is 31.6. The third-order valence-corrected chi connectivity index (χ3v) is 21.8. The van der Waals surface area contributed by atoms with Gasteiger partial charge in [-0.1, -0.05) is 296 Å². The molecular weight excluding hydrogens is 1090 g/mol. The predicted octanol–water partition coefficient (Wildman–Crippen LogP) is 25.9. The maximum Gasteiger partial charge on any atom is 0.259 e. The first kappa shape index (κ1) is 66.4. The largest absolute Gasteiger partial charge is 0.298 e. The molecule has 6 heteroatoms. The third kappa shape index (κ3) is 15.4. The van der Waals surface area contributed by atoms with Gasteiger partial charge in [-0.2, -0.15) is 0 Å². The average Bonchev–Trinajstić information content (AvgIpc) is 0.667. The second kappa shape index (κ2) is 33.7. The van der Waals surface area contributed by atoms with Crippen molar-refractivity contribution in [3.8, 4) is 0 Å². The molecule has 0 spiro atoms. The Kier molecular flexibility index (Phi) is 26.0. The first-order chi connectivity index (χ1) is 42.2. The number of hydrogen-bond acceptors (Lipinski definition) is 4. The van der Waals surface area contributed by atoms with E-state index in [1.54, 1.807) is 0 Å². The minimum atomic E-state index is 0.0912. The van der Waals surface area contributed by atoms with Crippen molar-refractivity contribution in [1.29, 1.82) is 0 Å². The van der Waals surface area contributed by atoms with Crippen molar-refractivity contribution in [3.63, 3.8) is 0 Å². The summed E-state index contributed by atoms with van der Waals surface area (Å²) in [7, 11) is 0. The predicted molar refractivity (Wildman–Crippen MR) is 386 cm³/mol. The molecule has 9 rings (SSSR count). The van der Waals surface area contributed by atoms with Gasteiger partial charge in [-0.3, -0.25) is 18.7 Å². The summed E-state index contributed by atoms with van der Waals surface area (Å²) in [6, 6.07) is 14.4. The summed E-state index contributed by atoms with van der Waals surface area (Å²) in [5, 5.41) is 18.2. The Bertz CT molecular complexity index is 3470. The first-order valence-electron chi connectivity index (χ1n) is 36.7.